The standard InChI is InChI=1S/C16H10BrNO2/c17-9-5-6-11-10(7-9)14(19)8-16(11)12-3-1-2-4-13(12)18-15(16)20/h1-7H,8H2,(H,18,20). The summed E-state index contributed by atoms with van der Waals surface area (Å²) in [6.07, 6.45) is 0.210. The van der Waals surface area contributed by atoms with Crippen molar-refractivity contribution < 1.29 is 9.59 Å². The summed E-state index contributed by atoms with van der Waals surface area (Å²) in [6.45, 7) is 0. The van der Waals surface area contributed by atoms with Crippen molar-refractivity contribution in [1.82, 2.24) is 0 Å². The van der Waals surface area contributed by atoms with Crippen molar-refractivity contribution in [1.29, 1.82) is 0 Å². The maximum absolute atomic E-state index is 12.6. The number of carbonyl (C=O) groups is 2. The number of Topliss-reactive ketones (excluding diaryl/α,β-unsaturated/α-hetero) is 1. The number of hydrogen-bond acceptors (Lipinski definition) is 2. The average molecular weight is 328 g/mol. The number of fused-ring (bicyclic) bond motifs is 4. The van der Waals surface area contributed by atoms with Gasteiger partial charge in [-0.1, -0.05) is 40.2 Å². The Labute approximate surface area is 124 Å². The van der Waals surface area contributed by atoms with Gasteiger partial charge in [0.05, 0.1) is 0 Å². The Morgan fingerprint density at radius 3 is 2.70 bits per heavy atom. The Hall–Kier alpha value is -1.94. The van der Waals surface area contributed by atoms with E-state index in [1.165, 1.54) is 0 Å². The molecule has 1 unspecified atom stereocenters. The Bertz CT molecular complexity index is 784. The highest BCUT2D eigenvalue weighted by Gasteiger charge is 2.54. The van der Waals surface area contributed by atoms with Gasteiger partial charge in [0.25, 0.3) is 0 Å². The molecule has 0 radical (unpaired) electrons. The van der Waals surface area contributed by atoms with E-state index in [0.29, 0.717) is 5.56 Å². The fraction of sp³-hybridized carbons (Fsp3) is 0.125. The zero-order chi connectivity index (χ0) is 13.9. The molecule has 98 valence electrons. The molecule has 2 aliphatic rings. The third kappa shape index (κ3) is 1.29. The maximum Gasteiger partial charge on any atom is 0.240 e. The summed E-state index contributed by atoms with van der Waals surface area (Å²) in [5, 5.41) is 2.90. The van der Waals surface area contributed by atoms with Crippen LogP contribution >= 0.6 is 15.9 Å². The normalized spacial score (nSPS) is 22.9. The molecule has 0 saturated carbocycles. The first kappa shape index (κ1) is 11.9. The fourth-order valence-corrected chi connectivity index (χ4v) is 3.67. The van der Waals surface area contributed by atoms with Gasteiger partial charge in [0.1, 0.15) is 5.41 Å². The quantitative estimate of drug-likeness (QED) is 0.807. The van der Waals surface area contributed by atoms with Crippen molar-refractivity contribution in [3.05, 3.63) is 63.6 Å². The summed E-state index contributed by atoms with van der Waals surface area (Å²) in [5.41, 5.74) is 2.32. The van der Waals surface area contributed by atoms with Crippen molar-refractivity contribution in [3.63, 3.8) is 0 Å². The second-order valence-corrected chi connectivity index (χ2v) is 6.11. The van der Waals surface area contributed by atoms with Gasteiger partial charge in [-0.3, -0.25) is 9.59 Å². The third-order valence-electron chi connectivity index (χ3n) is 4.19. The zero-order valence-electron chi connectivity index (χ0n) is 10.4. The summed E-state index contributed by atoms with van der Waals surface area (Å²) in [5.74, 6) is -0.0822. The van der Waals surface area contributed by atoms with Gasteiger partial charge in [0.15, 0.2) is 5.78 Å². The molecule has 20 heavy (non-hydrogen) atoms. The van der Waals surface area contributed by atoms with Gasteiger partial charge in [-0.25, -0.2) is 0 Å². The lowest BCUT2D eigenvalue weighted by Crippen LogP contribution is -2.33. The van der Waals surface area contributed by atoms with Crippen molar-refractivity contribution in [3.8, 4) is 0 Å². The lowest BCUT2D eigenvalue weighted by atomic mass is 9.76. The van der Waals surface area contributed by atoms with E-state index in [0.717, 1.165) is 21.3 Å². The number of ketones is 1. The highest BCUT2D eigenvalue weighted by atomic mass is 79.9. The first-order valence-corrected chi connectivity index (χ1v) is 7.16. The summed E-state index contributed by atoms with van der Waals surface area (Å²) >= 11 is 3.38. The van der Waals surface area contributed by atoms with Crippen LogP contribution in [0.25, 0.3) is 0 Å². The second-order valence-electron chi connectivity index (χ2n) is 5.19. The molecule has 1 N–H and O–H groups in total. The van der Waals surface area contributed by atoms with Gasteiger partial charge in [0, 0.05) is 22.1 Å². The number of anilines is 1. The lowest BCUT2D eigenvalue weighted by molar-refractivity contribution is -0.119. The van der Waals surface area contributed by atoms with Crippen LogP contribution < -0.4 is 5.32 Å². The van der Waals surface area contributed by atoms with Gasteiger partial charge in [-0.05, 0) is 29.3 Å². The SMILES string of the molecule is O=C1CC2(C(=O)Nc3ccccc32)c2ccc(Br)cc21. The molecule has 0 bridgehead atoms. The van der Waals surface area contributed by atoms with Crippen LogP contribution in [-0.2, 0) is 10.2 Å². The molecule has 4 rings (SSSR count). The van der Waals surface area contributed by atoms with Crippen LogP contribution in [0.15, 0.2) is 46.9 Å². The average Bonchev–Trinajstić information content (AvgIpc) is 2.88. The van der Waals surface area contributed by atoms with E-state index < -0.39 is 5.41 Å². The van der Waals surface area contributed by atoms with E-state index in [2.05, 4.69) is 21.2 Å². The largest absolute Gasteiger partial charge is 0.325 e. The van der Waals surface area contributed by atoms with Gasteiger partial charge in [-0.15, -0.1) is 0 Å². The van der Waals surface area contributed by atoms with Crippen molar-refractivity contribution in [2.45, 2.75) is 11.8 Å². The molecule has 2 aromatic carbocycles. The van der Waals surface area contributed by atoms with E-state index in [-0.39, 0.29) is 18.1 Å². The molecular weight excluding hydrogens is 318 g/mol. The minimum absolute atomic E-state index is 0.0214. The molecule has 1 atom stereocenters. The van der Waals surface area contributed by atoms with E-state index in [9.17, 15) is 9.59 Å². The predicted molar refractivity (Wildman–Crippen MR) is 78.9 cm³/mol. The Morgan fingerprint density at radius 2 is 1.85 bits per heavy atom. The minimum Gasteiger partial charge on any atom is -0.325 e. The fourth-order valence-electron chi connectivity index (χ4n) is 3.31. The van der Waals surface area contributed by atoms with Gasteiger partial charge < -0.3 is 5.32 Å². The molecule has 0 aromatic heterocycles. The molecule has 2 aromatic rings. The van der Waals surface area contributed by atoms with Crippen molar-refractivity contribution >= 4 is 33.3 Å². The Morgan fingerprint density at radius 1 is 1.05 bits per heavy atom. The monoisotopic (exact) mass is 327 g/mol. The van der Waals surface area contributed by atoms with Crippen LogP contribution in [0.5, 0.6) is 0 Å². The van der Waals surface area contributed by atoms with E-state index in [4.69, 9.17) is 0 Å². The molecule has 0 fully saturated rings. The minimum atomic E-state index is -0.844. The molecule has 3 nitrogen and oxygen atoms in total. The third-order valence-corrected chi connectivity index (χ3v) is 4.68. The molecular formula is C16H10BrNO2. The number of carbonyl (C=O) groups excluding carboxylic acids is 2. The number of para-hydroxylation sites is 1. The number of rotatable bonds is 0. The van der Waals surface area contributed by atoms with Gasteiger partial charge in [0.2, 0.25) is 5.91 Å². The summed E-state index contributed by atoms with van der Waals surface area (Å²) in [7, 11) is 0. The van der Waals surface area contributed by atoms with Crippen LogP contribution in [0.1, 0.15) is 27.9 Å². The molecule has 0 saturated heterocycles. The summed E-state index contributed by atoms with van der Waals surface area (Å²) in [4.78, 5) is 24.9. The molecule has 1 aliphatic heterocycles. The van der Waals surface area contributed by atoms with Crippen LogP contribution in [0.4, 0.5) is 5.69 Å². The van der Waals surface area contributed by atoms with Crippen molar-refractivity contribution in [2.24, 2.45) is 0 Å². The van der Waals surface area contributed by atoms with E-state index in [1.54, 1.807) is 6.07 Å². The van der Waals surface area contributed by atoms with Crippen LogP contribution in [-0.4, -0.2) is 11.7 Å². The van der Waals surface area contributed by atoms with Crippen LogP contribution in [0.3, 0.4) is 0 Å². The maximum atomic E-state index is 12.6. The number of amides is 1. The second kappa shape index (κ2) is 3.79. The molecule has 1 amide bonds. The Kier molecular flexibility index (Phi) is 2.25. The number of benzene rings is 2. The number of halogens is 1. The lowest BCUT2D eigenvalue weighted by Gasteiger charge is -2.22. The Balaban J connectivity index is 2.05. The first-order valence-electron chi connectivity index (χ1n) is 6.37. The van der Waals surface area contributed by atoms with E-state index >= 15 is 0 Å². The smallest absolute Gasteiger partial charge is 0.240 e. The molecule has 1 aliphatic carbocycles. The molecule has 4 heteroatoms. The summed E-state index contributed by atoms with van der Waals surface area (Å²) < 4.78 is 0.855. The van der Waals surface area contributed by atoms with Gasteiger partial charge >= 0.3 is 0 Å². The van der Waals surface area contributed by atoms with E-state index in [1.807, 2.05) is 36.4 Å². The topological polar surface area (TPSA) is 46.2 Å². The molecule has 1 heterocycles. The highest BCUT2D eigenvalue weighted by molar-refractivity contribution is 9.10. The predicted octanol–water partition coefficient (Wildman–Crippen LogP) is 3.27. The number of hydrogen-bond donors (Lipinski definition) is 1. The zero-order valence-corrected chi connectivity index (χ0v) is 12.0. The first-order chi connectivity index (χ1) is 9.63. The highest BCUT2D eigenvalue weighted by Crippen LogP contribution is 2.50. The number of nitrogens with one attached hydrogen (secondary N) is 1. The van der Waals surface area contributed by atoms with Gasteiger partial charge in [-0.2, -0.15) is 0 Å². The van der Waals surface area contributed by atoms with Crippen molar-refractivity contribution in [2.75, 3.05) is 5.32 Å². The molecule has 1 spiro atoms. The summed E-state index contributed by atoms with van der Waals surface area (Å²) in [6, 6.07) is 13.2. The van der Waals surface area contributed by atoms with Crippen LogP contribution in [0.2, 0.25) is 0 Å². The van der Waals surface area contributed by atoms with Crippen LogP contribution in [0, 0.1) is 0 Å².